The third-order valence-electron chi connectivity index (χ3n) is 10.7. The van der Waals surface area contributed by atoms with Crippen LogP contribution in [-0.4, -0.2) is 41.6 Å². The van der Waals surface area contributed by atoms with Crippen LogP contribution < -0.4 is 0 Å². The molecule has 5 fully saturated rings. The van der Waals surface area contributed by atoms with Crippen molar-refractivity contribution in [1.29, 1.82) is 0 Å². The molecular formula is C26H38O6. The lowest BCUT2D eigenvalue weighted by atomic mass is 9.43. The Morgan fingerprint density at radius 1 is 1.09 bits per heavy atom. The number of Topliss-reactive ketones (excluding diaryl/α,β-unsaturated/α-hetero) is 2. The second-order valence-corrected chi connectivity index (χ2v) is 11.9. The van der Waals surface area contributed by atoms with Crippen LogP contribution in [0.15, 0.2) is 0 Å². The van der Waals surface area contributed by atoms with E-state index in [1.807, 2.05) is 0 Å². The van der Waals surface area contributed by atoms with Crippen molar-refractivity contribution in [3.8, 4) is 0 Å². The van der Waals surface area contributed by atoms with E-state index in [-0.39, 0.29) is 47.3 Å². The number of carboxylic acid groups (broad SMARTS) is 1. The van der Waals surface area contributed by atoms with Crippen LogP contribution in [0.5, 0.6) is 0 Å². The summed E-state index contributed by atoms with van der Waals surface area (Å²) in [6, 6.07) is 0. The summed E-state index contributed by atoms with van der Waals surface area (Å²) in [6.07, 6.45) is 6.21. The summed E-state index contributed by atoms with van der Waals surface area (Å²) in [5.41, 5.74) is -0.519. The van der Waals surface area contributed by atoms with E-state index < -0.39 is 17.2 Å². The fourth-order valence-corrected chi connectivity index (χ4v) is 8.85. The number of carboxylic acids is 1. The van der Waals surface area contributed by atoms with Crippen LogP contribution in [0, 0.1) is 46.3 Å². The van der Waals surface area contributed by atoms with E-state index >= 15 is 0 Å². The monoisotopic (exact) mass is 446 g/mol. The first-order chi connectivity index (χ1) is 15.1. The topological polar surface area (TPSA) is 89.9 Å². The minimum Gasteiger partial charge on any atom is -0.481 e. The third kappa shape index (κ3) is 3.15. The van der Waals surface area contributed by atoms with Crippen molar-refractivity contribution in [3.63, 3.8) is 0 Å². The van der Waals surface area contributed by atoms with Gasteiger partial charge in [-0.1, -0.05) is 20.8 Å². The molecule has 4 aliphatic carbocycles. The summed E-state index contributed by atoms with van der Waals surface area (Å²) in [5, 5.41) is 9.13. The second kappa shape index (κ2) is 7.63. The molecule has 0 amide bonds. The predicted octanol–water partition coefficient (Wildman–Crippen LogP) is 4.25. The normalized spacial score (nSPS) is 45.9. The van der Waals surface area contributed by atoms with Crippen molar-refractivity contribution in [2.75, 3.05) is 13.2 Å². The lowest BCUT2D eigenvalue weighted by molar-refractivity contribution is -0.225. The van der Waals surface area contributed by atoms with Crippen molar-refractivity contribution in [1.82, 2.24) is 0 Å². The molecule has 5 rings (SSSR count). The van der Waals surface area contributed by atoms with Gasteiger partial charge in [-0.25, -0.2) is 0 Å². The van der Waals surface area contributed by atoms with Gasteiger partial charge in [0.25, 0.3) is 0 Å². The summed E-state index contributed by atoms with van der Waals surface area (Å²) in [4.78, 5) is 38.6. The van der Waals surface area contributed by atoms with Gasteiger partial charge in [0.2, 0.25) is 0 Å². The number of aliphatic carboxylic acids is 1. The molecule has 5 aliphatic rings. The van der Waals surface area contributed by atoms with Gasteiger partial charge < -0.3 is 14.6 Å². The Hall–Kier alpha value is -1.27. The highest BCUT2D eigenvalue weighted by Gasteiger charge is 2.67. The zero-order chi connectivity index (χ0) is 22.9. The van der Waals surface area contributed by atoms with Gasteiger partial charge in [0.1, 0.15) is 11.6 Å². The molecule has 178 valence electrons. The van der Waals surface area contributed by atoms with E-state index in [0.29, 0.717) is 44.0 Å². The molecule has 8 atom stereocenters. The van der Waals surface area contributed by atoms with Crippen LogP contribution in [0.3, 0.4) is 0 Å². The van der Waals surface area contributed by atoms with Crippen molar-refractivity contribution in [2.45, 2.75) is 84.3 Å². The Bertz CT molecular complexity index is 815. The maximum Gasteiger partial charge on any atom is 0.303 e. The molecule has 0 aromatic rings. The quantitative estimate of drug-likeness (QED) is 0.694. The average molecular weight is 447 g/mol. The standard InChI is InChI=1S/C26H38O6/c1-15(4-7-22(29)30)17-5-6-18-23-19(13-21(28)25(17,18)3)24(2)8-9-26(31-10-11-32-26)14-16(24)12-20(23)27/h15-19,23H,4-14H2,1-3H3,(H,29,30)/t15-,16+,17+,18+,19+,23-,24-,25+/m0/s1. The molecule has 0 bridgehead atoms. The van der Waals surface area contributed by atoms with Gasteiger partial charge in [-0.3, -0.25) is 14.4 Å². The van der Waals surface area contributed by atoms with Crippen molar-refractivity contribution in [3.05, 3.63) is 0 Å². The molecule has 6 heteroatoms. The lowest BCUT2D eigenvalue weighted by Gasteiger charge is -2.60. The van der Waals surface area contributed by atoms with E-state index in [1.54, 1.807) is 0 Å². The van der Waals surface area contributed by atoms with Gasteiger partial charge in [0, 0.05) is 43.4 Å². The molecule has 0 aromatic carbocycles. The first-order valence-corrected chi connectivity index (χ1v) is 12.7. The smallest absolute Gasteiger partial charge is 0.303 e. The summed E-state index contributed by atoms with van der Waals surface area (Å²) in [6.45, 7) is 7.78. The molecule has 4 saturated carbocycles. The van der Waals surface area contributed by atoms with Crippen LogP contribution in [0.1, 0.15) is 78.6 Å². The maximum absolute atomic E-state index is 13.8. The van der Waals surface area contributed by atoms with Gasteiger partial charge in [0.15, 0.2) is 5.79 Å². The number of ketones is 2. The first-order valence-electron chi connectivity index (χ1n) is 12.7. The van der Waals surface area contributed by atoms with Crippen molar-refractivity contribution in [2.24, 2.45) is 46.3 Å². The number of carbonyl (C=O) groups is 3. The van der Waals surface area contributed by atoms with E-state index in [4.69, 9.17) is 14.6 Å². The van der Waals surface area contributed by atoms with Crippen LogP contribution in [0.4, 0.5) is 0 Å². The Kier molecular flexibility index (Phi) is 5.37. The van der Waals surface area contributed by atoms with Gasteiger partial charge in [-0.05, 0) is 60.7 Å². The Morgan fingerprint density at radius 3 is 2.50 bits per heavy atom. The number of carbonyl (C=O) groups excluding carboxylic acids is 2. The SMILES string of the molecule is C[C@@H](CCC(=O)O)[C@H]1CC[C@@H]2[C@@H]3C(=O)C[C@@H]4CC5(CC[C@]4(C)[C@@H]3CC(=O)[C@@]21C)OCCO5. The number of ether oxygens (including phenoxy) is 2. The van der Waals surface area contributed by atoms with Gasteiger partial charge in [-0.15, -0.1) is 0 Å². The molecule has 1 N–H and O–H groups in total. The molecule has 0 radical (unpaired) electrons. The molecule has 1 aliphatic heterocycles. The number of hydrogen-bond acceptors (Lipinski definition) is 5. The summed E-state index contributed by atoms with van der Waals surface area (Å²) in [5.74, 6) is 0.121. The number of rotatable bonds is 4. The molecule has 1 heterocycles. The highest BCUT2D eigenvalue weighted by Crippen LogP contribution is 2.67. The molecule has 1 spiro atoms. The van der Waals surface area contributed by atoms with Crippen LogP contribution >= 0.6 is 0 Å². The van der Waals surface area contributed by atoms with Gasteiger partial charge >= 0.3 is 5.97 Å². The number of fused-ring (bicyclic) bond motifs is 5. The molecule has 0 unspecified atom stereocenters. The average Bonchev–Trinajstić information content (AvgIpc) is 3.34. The Balaban J connectivity index is 1.41. The summed E-state index contributed by atoms with van der Waals surface area (Å²) in [7, 11) is 0. The largest absolute Gasteiger partial charge is 0.481 e. The molecule has 32 heavy (non-hydrogen) atoms. The minimum absolute atomic E-state index is 0.0247. The van der Waals surface area contributed by atoms with Crippen molar-refractivity contribution >= 4 is 17.5 Å². The van der Waals surface area contributed by atoms with E-state index in [9.17, 15) is 14.4 Å². The zero-order valence-electron chi connectivity index (χ0n) is 19.7. The first kappa shape index (κ1) is 22.5. The lowest BCUT2D eigenvalue weighted by Crippen LogP contribution is -2.61. The fourth-order valence-electron chi connectivity index (χ4n) is 8.85. The summed E-state index contributed by atoms with van der Waals surface area (Å²) < 4.78 is 12.0. The Morgan fingerprint density at radius 2 is 1.81 bits per heavy atom. The highest BCUT2D eigenvalue weighted by atomic mass is 16.7. The van der Waals surface area contributed by atoms with Crippen LogP contribution in [0.2, 0.25) is 0 Å². The fraction of sp³-hybridized carbons (Fsp3) is 0.885. The van der Waals surface area contributed by atoms with E-state index in [2.05, 4.69) is 20.8 Å². The molecule has 1 saturated heterocycles. The minimum atomic E-state index is -0.779. The van der Waals surface area contributed by atoms with Crippen molar-refractivity contribution < 1.29 is 29.0 Å². The highest BCUT2D eigenvalue weighted by molar-refractivity contribution is 5.92. The van der Waals surface area contributed by atoms with Gasteiger partial charge in [0.05, 0.1) is 13.2 Å². The summed E-state index contributed by atoms with van der Waals surface area (Å²) >= 11 is 0. The van der Waals surface area contributed by atoms with Crippen LogP contribution in [-0.2, 0) is 23.9 Å². The molecular weight excluding hydrogens is 408 g/mol. The van der Waals surface area contributed by atoms with E-state index in [1.165, 1.54) is 0 Å². The van der Waals surface area contributed by atoms with Crippen LogP contribution in [0.25, 0.3) is 0 Å². The molecule has 6 nitrogen and oxygen atoms in total. The molecule has 0 aromatic heterocycles. The Labute approximate surface area is 190 Å². The zero-order valence-corrected chi connectivity index (χ0v) is 19.7. The number of hydrogen-bond donors (Lipinski definition) is 1. The van der Waals surface area contributed by atoms with E-state index in [0.717, 1.165) is 32.1 Å². The third-order valence-corrected chi connectivity index (χ3v) is 10.7. The van der Waals surface area contributed by atoms with Gasteiger partial charge in [-0.2, -0.15) is 0 Å². The maximum atomic E-state index is 13.8. The predicted molar refractivity (Wildman–Crippen MR) is 117 cm³/mol. The second-order valence-electron chi connectivity index (χ2n) is 11.9.